The van der Waals surface area contributed by atoms with Crippen molar-refractivity contribution in [2.45, 2.75) is 32.0 Å². The molecule has 0 radical (unpaired) electrons. The fourth-order valence-corrected chi connectivity index (χ4v) is 3.50. The molecule has 9 nitrogen and oxygen atoms in total. The van der Waals surface area contributed by atoms with Crippen LogP contribution in [0.3, 0.4) is 0 Å². The van der Waals surface area contributed by atoms with Gasteiger partial charge in [-0.15, -0.1) is 0 Å². The Bertz CT molecular complexity index is 850. The van der Waals surface area contributed by atoms with Crippen LogP contribution in [0.4, 0.5) is 5.69 Å². The van der Waals surface area contributed by atoms with Crippen LogP contribution in [0.25, 0.3) is 0 Å². The fourth-order valence-electron chi connectivity index (χ4n) is 3.50. The zero-order chi connectivity index (χ0) is 20.5. The molecule has 9 heteroatoms. The minimum Gasteiger partial charge on any atom is -0.481 e. The normalized spacial score (nSPS) is 27.3. The van der Waals surface area contributed by atoms with Crippen molar-refractivity contribution in [3.63, 3.8) is 0 Å². The number of rotatable bonds is 5. The Balaban J connectivity index is 1.61. The third-order valence-electron chi connectivity index (χ3n) is 4.96. The highest BCUT2D eigenvalue weighted by molar-refractivity contribution is 5.97. The van der Waals surface area contributed by atoms with Crippen LogP contribution in [0.15, 0.2) is 36.4 Å². The lowest BCUT2D eigenvalue weighted by Crippen LogP contribution is -2.52. The molecule has 0 aliphatic carbocycles. The molecule has 148 valence electrons. The molecule has 3 amide bonds. The van der Waals surface area contributed by atoms with Gasteiger partial charge in [0.1, 0.15) is 5.92 Å². The Labute approximate surface area is 161 Å². The average Bonchev–Trinajstić information content (AvgIpc) is 3.19. The Kier molecular flexibility index (Phi) is 5.19. The van der Waals surface area contributed by atoms with Crippen LogP contribution in [0.1, 0.15) is 30.6 Å². The first-order valence-corrected chi connectivity index (χ1v) is 8.85. The van der Waals surface area contributed by atoms with Gasteiger partial charge in [0, 0.05) is 17.7 Å². The van der Waals surface area contributed by atoms with E-state index in [1.807, 2.05) is 0 Å². The van der Waals surface area contributed by atoms with E-state index in [9.17, 15) is 24.3 Å². The molecule has 1 saturated heterocycles. The molecule has 4 N–H and O–H groups in total. The molecule has 0 unspecified atom stereocenters. The standard InChI is InChI=1S/C19H21N3O6/c1-3-13(23)20-11-6-4-10(5-7-11)16(24)21-22-17(25)15-14(18(26)27)12-8-9-19(15,2)28-12/h4-9,12,14-15H,3H2,1-2H3,(H,20,23)(H,21,24)(H,22,25)(H,26,27)/t12-,14-,15+,19-/m1/s1. The van der Waals surface area contributed by atoms with E-state index in [1.165, 1.54) is 12.1 Å². The number of hydrazine groups is 1. The van der Waals surface area contributed by atoms with E-state index in [1.54, 1.807) is 38.1 Å². The number of nitrogens with one attached hydrogen (secondary N) is 3. The van der Waals surface area contributed by atoms with E-state index in [4.69, 9.17) is 4.74 Å². The van der Waals surface area contributed by atoms with Crippen LogP contribution in [-0.2, 0) is 19.1 Å². The zero-order valence-corrected chi connectivity index (χ0v) is 15.4. The van der Waals surface area contributed by atoms with Gasteiger partial charge in [-0.25, -0.2) is 0 Å². The molecule has 1 fully saturated rings. The summed E-state index contributed by atoms with van der Waals surface area (Å²) in [5, 5.41) is 12.1. The number of anilines is 1. The van der Waals surface area contributed by atoms with Crippen molar-refractivity contribution in [3.05, 3.63) is 42.0 Å². The summed E-state index contributed by atoms with van der Waals surface area (Å²) < 4.78 is 5.61. The SMILES string of the molecule is CCC(=O)Nc1ccc(C(=O)NNC(=O)[C@@H]2[C@H](C(=O)O)[C@H]3C=C[C@@]2(C)O3)cc1. The number of carboxylic acid groups (broad SMARTS) is 1. The molecule has 28 heavy (non-hydrogen) atoms. The Morgan fingerprint density at radius 2 is 1.82 bits per heavy atom. The predicted octanol–water partition coefficient (Wildman–Crippen LogP) is 0.840. The summed E-state index contributed by atoms with van der Waals surface area (Å²) in [4.78, 5) is 47.7. The lowest BCUT2D eigenvalue weighted by Gasteiger charge is -2.27. The van der Waals surface area contributed by atoms with Crippen molar-refractivity contribution in [1.29, 1.82) is 0 Å². The van der Waals surface area contributed by atoms with Gasteiger partial charge in [-0.05, 0) is 31.2 Å². The smallest absolute Gasteiger partial charge is 0.310 e. The second-order valence-electron chi connectivity index (χ2n) is 6.89. The monoisotopic (exact) mass is 387 g/mol. The highest BCUT2D eigenvalue weighted by Crippen LogP contribution is 2.46. The number of fused-ring (bicyclic) bond motifs is 2. The topological polar surface area (TPSA) is 134 Å². The predicted molar refractivity (Wildman–Crippen MR) is 98.0 cm³/mol. The molecule has 0 saturated carbocycles. The minimum atomic E-state index is -1.13. The zero-order valence-electron chi connectivity index (χ0n) is 15.4. The molecule has 0 aromatic heterocycles. The summed E-state index contributed by atoms with van der Waals surface area (Å²) in [5.41, 5.74) is 4.36. The fraction of sp³-hybridized carbons (Fsp3) is 0.368. The van der Waals surface area contributed by atoms with Crippen LogP contribution in [0.2, 0.25) is 0 Å². The third kappa shape index (κ3) is 3.61. The van der Waals surface area contributed by atoms with Crippen molar-refractivity contribution in [2.75, 3.05) is 5.32 Å². The van der Waals surface area contributed by atoms with Crippen molar-refractivity contribution >= 4 is 29.4 Å². The number of benzene rings is 1. The average molecular weight is 387 g/mol. The molecule has 2 aliphatic heterocycles. The van der Waals surface area contributed by atoms with E-state index in [-0.39, 0.29) is 11.5 Å². The number of ether oxygens (including phenoxy) is 1. The van der Waals surface area contributed by atoms with Gasteiger partial charge in [0.2, 0.25) is 11.8 Å². The minimum absolute atomic E-state index is 0.145. The third-order valence-corrected chi connectivity index (χ3v) is 4.96. The van der Waals surface area contributed by atoms with E-state index in [0.29, 0.717) is 12.1 Å². The highest BCUT2D eigenvalue weighted by Gasteiger charge is 2.59. The lowest BCUT2D eigenvalue weighted by molar-refractivity contribution is -0.147. The number of aliphatic carboxylic acids is 1. The Morgan fingerprint density at radius 1 is 1.14 bits per heavy atom. The van der Waals surface area contributed by atoms with Crippen LogP contribution in [0, 0.1) is 11.8 Å². The summed E-state index contributed by atoms with van der Waals surface area (Å²) in [7, 11) is 0. The maximum Gasteiger partial charge on any atom is 0.310 e. The van der Waals surface area contributed by atoms with Gasteiger partial charge in [0.15, 0.2) is 0 Å². The number of carbonyl (C=O) groups is 4. The molecule has 3 rings (SSSR count). The van der Waals surface area contributed by atoms with E-state index in [2.05, 4.69) is 16.2 Å². The second kappa shape index (κ2) is 7.43. The van der Waals surface area contributed by atoms with Gasteiger partial charge in [-0.1, -0.05) is 19.1 Å². The molecule has 2 aliphatic rings. The van der Waals surface area contributed by atoms with Gasteiger partial charge in [0.25, 0.3) is 5.91 Å². The molecular weight excluding hydrogens is 366 g/mol. The number of hydrogen-bond acceptors (Lipinski definition) is 5. The summed E-state index contributed by atoms with van der Waals surface area (Å²) in [6.07, 6.45) is 2.98. The van der Waals surface area contributed by atoms with Crippen LogP contribution < -0.4 is 16.2 Å². The largest absolute Gasteiger partial charge is 0.481 e. The van der Waals surface area contributed by atoms with Gasteiger partial charge < -0.3 is 15.2 Å². The van der Waals surface area contributed by atoms with E-state index < -0.39 is 41.3 Å². The molecule has 1 aromatic rings. The van der Waals surface area contributed by atoms with Gasteiger partial charge >= 0.3 is 5.97 Å². The maximum atomic E-state index is 12.5. The number of carboxylic acids is 1. The Hall–Kier alpha value is -3.20. The van der Waals surface area contributed by atoms with Crippen molar-refractivity contribution in [2.24, 2.45) is 11.8 Å². The van der Waals surface area contributed by atoms with Crippen LogP contribution in [0.5, 0.6) is 0 Å². The van der Waals surface area contributed by atoms with Crippen LogP contribution >= 0.6 is 0 Å². The van der Waals surface area contributed by atoms with Gasteiger partial charge in [0.05, 0.1) is 17.6 Å². The molecule has 4 atom stereocenters. The first-order chi connectivity index (χ1) is 13.2. The summed E-state index contributed by atoms with van der Waals surface area (Å²) >= 11 is 0. The van der Waals surface area contributed by atoms with Gasteiger partial charge in [-0.2, -0.15) is 0 Å². The summed E-state index contributed by atoms with van der Waals surface area (Å²) in [6.45, 7) is 3.37. The van der Waals surface area contributed by atoms with Crippen molar-refractivity contribution < 1.29 is 29.0 Å². The molecule has 2 bridgehead atoms. The molecule has 1 aromatic carbocycles. The number of carbonyl (C=O) groups excluding carboxylic acids is 3. The molecular formula is C19H21N3O6. The van der Waals surface area contributed by atoms with E-state index in [0.717, 1.165) is 0 Å². The maximum absolute atomic E-state index is 12.5. The van der Waals surface area contributed by atoms with Crippen LogP contribution in [-0.4, -0.2) is 40.5 Å². The number of hydrogen-bond donors (Lipinski definition) is 4. The molecule has 0 spiro atoms. The first kappa shape index (κ1) is 19.6. The lowest BCUT2D eigenvalue weighted by atomic mass is 9.76. The second-order valence-corrected chi connectivity index (χ2v) is 6.89. The van der Waals surface area contributed by atoms with Crippen molar-refractivity contribution in [3.8, 4) is 0 Å². The first-order valence-electron chi connectivity index (χ1n) is 8.85. The van der Waals surface area contributed by atoms with Gasteiger partial charge in [-0.3, -0.25) is 30.0 Å². The highest BCUT2D eigenvalue weighted by atomic mass is 16.5. The van der Waals surface area contributed by atoms with E-state index >= 15 is 0 Å². The van der Waals surface area contributed by atoms with Crippen molar-refractivity contribution in [1.82, 2.24) is 10.9 Å². The summed E-state index contributed by atoms with van der Waals surface area (Å²) in [5.74, 6) is -4.47. The summed E-state index contributed by atoms with van der Waals surface area (Å²) in [6, 6.07) is 6.13. The number of amides is 3. The quantitative estimate of drug-likeness (QED) is 0.437. The molecule has 2 heterocycles. The Morgan fingerprint density at radius 3 is 2.43 bits per heavy atom.